The van der Waals surface area contributed by atoms with Gasteiger partial charge >= 0.3 is 4.87 Å². The lowest BCUT2D eigenvalue weighted by molar-refractivity contribution is -0.116. The van der Waals surface area contributed by atoms with Crippen molar-refractivity contribution in [3.05, 3.63) is 44.5 Å². The van der Waals surface area contributed by atoms with Gasteiger partial charge in [-0.05, 0) is 44.7 Å². The van der Waals surface area contributed by atoms with Gasteiger partial charge in [-0.2, -0.15) is 0 Å². The van der Waals surface area contributed by atoms with E-state index < -0.39 is 0 Å². The number of aryl methyl sites for hydroxylation is 2. The summed E-state index contributed by atoms with van der Waals surface area (Å²) in [6, 6.07) is 6.11. The number of amides is 1. The van der Waals surface area contributed by atoms with Gasteiger partial charge in [0.25, 0.3) is 0 Å². The Balaban J connectivity index is 1.67. The van der Waals surface area contributed by atoms with Gasteiger partial charge < -0.3 is 15.1 Å². The van der Waals surface area contributed by atoms with Crippen LogP contribution in [0.2, 0.25) is 0 Å². The Morgan fingerprint density at radius 1 is 1.20 bits per heavy atom. The van der Waals surface area contributed by atoms with Gasteiger partial charge in [-0.1, -0.05) is 11.3 Å². The third-order valence-corrected chi connectivity index (χ3v) is 5.51. The molecule has 6 nitrogen and oxygen atoms in total. The van der Waals surface area contributed by atoms with E-state index in [9.17, 15) is 9.59 Å². The van der Waals surface area contributed by atoms with Crippen LogP contribution in [0.25, 0.3) is 0 Å². The van der Waals surface area contributed by atoms with E-state index in [-0.39, 0.29) is 17.3 Å². The Morgan fingerprint density at radius 3 is 2.52 bits per heavy atom. The van der Waals surface area contributed by atoms with Gasteiger partial charge in [-0.3, -0.25) is 14.2 Å². The molecular formula is C18H24N4O2S. The number of aromatic nitrogens is 1. The fourth-order valence-electron chi connectivity index (χ4n) is 2.98. The van der Waals surface area contributed by atoms with Crippen molar-refractivity contribution in [3.63, 3.8) is 0 Å². The largest absolute Gasteiger partial charge is 0.369 e. The maximum absolute atomic E-state index is 12.3. The first-order valence-corrected chi connectivity index (χ1v) is 9.31. The highest BCUT2D eigenvalue weighted by Crippen LogP contribution is 2.23. The van der Waals surface area contributed by atoms with E-state index in [4.69, 9.17) is 0 Å². The lowest BCUT2D eigenvalue weighted by Crippen LogP contribution is -2.44. The molecule has 1 N–H and O–H groups in total. The monoisotopic (exact) mass is 360 g/mol. The van der Waals surface area contributed by atoms with Gasteiger partial charge in [0.05, 0.1) is 0 Å². The molecule has 1 fully saturated rings. The standard InChI is InChI=1S/C18H24N4O2S/c1-13-10-15(21-8-6-20(3)7-9-21)4-5-16(13)19-17(23)11-22-14(2)12-25-18(22)24/h4-5,10,12H,6-9,11H2,1-3H3,(H,19,23). The number of nitrogens with zero attached hydrogens (tertiary/aromatic N) is 3. The molecule has 0 spiro atoms. The summed E-state index contributed by atoms with van der Waals surface area (Å²) < 4.78 is 1.49. The summed E-state index contributed by atoms with van der Waals surface area (Å²) >= 11 is 1.12. The molecule has 2 heterocycles. The molecule has 3 rings (SSSR count). The van der Waals surface area contributed by atoms with Crippen LogP contribution in [0.5, 0.6) is 0 Å². The van der Waals surface area contributed by atoms with Gasteiger partial charge in [-0.15, -0.1) is 0 Å². The third kappa shape index (κ3) is 4.11. The molecule has 134 valence electrons. The van der Waals surface area contributed by atoms with Crippen LogP contribution in [0.4, 0.5) is 11.4 Å². The molecule has 25 heavy (non-hydrogen) atoms. The van der Waals surface area contributed by atoms with E-state index in [1.54, 1.807) is 5.38 Å². The number of piperazine rings is 1. The van der Waals surface area contributed by atoms with Crippen LogP contribution in [-0.2, 0) is 11.3 Å². The molecular weight excluding hydrogens is 336 g/mol. The third-order valence-electron chi connectivity index (χ3n) is 4.63. The Labute approximate surface area is 151 Å². The molecule has 1 aliphatic heterocycles. The maximum Gasteiger partial charge on any atom is 0.307 e. The molecule has 0 radical (unpaired) electrons. The Hall–Kier alpha value is -2.12. The summed E-state index contributed by atoms with van der Waals surface area (Å²) in [6.07, 6.45) is 0. The highest BCUT2D eigenvalue weighted by Gasteiger charge is 2.15. The second-order valence-electron chi connectivity index (χ2n) is 6.57. The molecule has 0 saturated carbocycles. The molecule has 0 aliphatic carbocycles. The Bertz CT molecular complexity index is 819. The van der Waals surface area contributed by atoms with E-state index >= 15 is 0 Å². The average molecular weight is 360 g/mol. The molecule has 1 aromatic carbocycles. The summed E-state index contributed by atoms with van der Waals surface area (Å²) in [5.41, 5.74) is 3.82. The van der Waals surface area contributed by atoms with Crippen LogP contribution < -0.4 is 15.1 Å². The summed E-state index contributed by atoms with van der Waals surface area (Å²) in [4.78, 5) is 28.6. The number of carbonyl (C=O) groups excluding carboxylic acids is 1. The van der Waals surface area contributed by atoms with Crippen LogP contribution >= 0.6 is 11.3 Å². The summed E-state index contributed by atoms with van der Waals surface area (Å²) in [5, 5.41) is 4.69. The fraction of sp³-hybridized carbons (Fsp3) is 0.444. The predicted molar refractivity (Wildman–Crippen MR) is 103 cm³/mol. The molecule has 1 aliphatic rings. The van der Waals surface area contributed by atoms with Crippen molar-refractivity contribution in [2.24, 2.45) is 0 Å². The lowest BCUT2D eigenvalue weighted by atomic mass is 10.1. The zero-order valence-corrected chi connectivity index (χ0v) is 15.7. The van der Waals surface area contributed by atoms with Crippen molar-refractivity contribution < 1.29 is 4.79 Å². The number of benzene rings is 1. The number of anilines is 2. The van der Waals surface area contributed by atoms with Crippen LogP contribution in [0.1, 0.15) is 11.3 Å². The van der Waals surface area contributed by atoms with Crippen molar-refractivity contribution in [2.45, 2.75) is 20.4 Å². The summed E-state index contributed by atoms with van der Waals surface area (Å²) in [6.45, 7) is 8.04. The van der Waals surface area contributed by atoms with Gasteiger partial charge in [0, 0.05) is 48.6 Å². The van der Waals surface area contributed by atoms with Crippen molar-refractivity contribution >= 4 is 28.6 Å². The quantitative estimate of drug-likeness (QED) is 0.905. The lowest BCUT2D eigenvalue weighted by Gasteiger charge is -2.34. The first-order chi connectivity index (χ1) is 11.9. The number of nitrogens with one attached hydrogen (secondary N) is 1. The summed E-state index contributed by atoms with van der Waals surface area (Å²) in [5.74, 6) is -0.181. The van der Waals surface area contributed by atoms with Gasteiger partial charge in [-0.25, -0.2) is 0 Å². The number of thiazole rings is 1. The molecule has 2 aromatic rings. The van der Waals surface area contributed by atoms with Crippen LogP contribution in [0, 0.1) is 13.8 Å². The van der Waals surface area contributed by atoms with Crippen LogP contribution in [0.3, 0.4) is 0 Å². The first-order valence-electron chi connectivity index (χ1n) is 8.43. The summed E-state index contributed by atoms with van der Waals surface area (Å²) in [7, 11) is 2.14. The van der Waals surface area contributed by atoms with Crippen LogP contribution in [0.15, 0.2) is 28.4 Å². The number of rotatable bonds is 4. The topological polar surface area (TPSA) is 57.6 Å². The smallest absolute Gasteiger partial charge is 0.307 e. The van der Waals surface area contributed by atoms with Crippen molar-refractivity contribution in [3.8, 4) is 0 Å². The SMILES string of the molecule is Cc1cc(N2CCN(C)CC2)ccc1NC(=O)Cn1c(C)csc1=O. The molecule has 1 saturated heterocycles. The van der Waals surface area contributed by atoms with E-state index in [0.29, 0.717) is 0 Å². The molecule has 0 unspecified atom stereocenters. The minimum atomic E-state index is -0.181. The Kier molecular flexibility index (Phi) is 5.24. The molecule has 1 amide bonds. The first kappa shape index (κ1) is 17.7. The van der Waals surface area contributed by atoms with Crippen molar-refractivity contribution in [1.82, 2.24) is 9.47 Å². The average Bonchev–Trinajstić information content (AvgIpc) is 2.89. The van der Waals surface area contributed by atoms with Gasteiger partial charge in [0.2, 0.25) is 5.91 Å². The van der Waals surface area contributed by atoms with Crippen molar-refractivity contribution in [1.29, 1.82) is 0 Å². The number of likely N-dealkylation sites (N-methyl/N-ethyl adjacent to an activating group) is 1. The number of hydrogen-bond donors (Lipinski definition) is 1. The zero-order chi connectivity index (χ0) is 18.0. The molecule has 1 aromatic heterocycles. The minimum Gasteiger partial charge on any atom is -0.369 e. The van der Waals surface area contributed by atoms with E-state index in [0.717, 1.165) is 54.5 Å². The fourth-order valence-corrected chi connectivity index (χ4v) is 3.71. The molecule has 0 bridgehead atoms. The maximum atomic E-state index is 12.3. The van der Waals surface area contributed by atoms with E-state index in [2.05, 4.69) is 34.3 Å². The normalized spacial score (nSPS) is 15.4. The highest BCUT2D eigenvalue weighted by molar-refractivity contribution is 7.07. The van der Waals surface area contributed by atoms with Crippen molar-refractivity contribution in [2.75, 3.05) is 43.4 Å². The minimum absolute atomic E-state index is 0.0494. The predicted octanol–water partition coefficient (Wildman–Crippen LogP) is 1.92. The van der Waals surface area contributed by atoms with Crippen LogP contribution in [-0.4, -0.2) is 48.6 Å². The molecule has 7 heteroatoms. The number of carbonyl (C=O) groups is 1. The van der Waals surface area contributed by atoms with Gasteiger partial charge in [0.15, 0.2) is 0 Å². The van der Waals surface area contributed by atoms with Gasteiger partial charge in [0.1, 0.15) is 6.54 Å². The zero-order valence-electron chi connectivity index (χ0n) is 14.9. The number of hydrogen-bond acceptors (Lipinski definition) is 5. The van der Waals surface area contributed by atoms with E-state index in [1.807, 2.05) is 19.9 Å². The molecule has 0 atom stereocenters. The highest BCUT2D eigenvalue weighted by atomic mass is 32.1. The second kappa shape index (κ2) is 7.41. The van der Waals surface area contributed by atoms with E-state index in [1.165, 1.54) is 10.3 Å². The second-order valence-corrected chi connectivity index (χ2v) is 7.39. The Morgan fingerprint density at radius 2 is 1.92 bits per heavy atom.